The molecule has 0 aromatic heterocycles. The fourth-order valence-corrected chi connectivity index (χ4v) is 5.16. The minimum Gasteiger partial charge on any atom is -0.490 e. The maximum atomic E-state index is 14.8. The second-order valence-electron chi connectivity index (χ2n) is 10.4. The zero-order chi connectivity index (χ0) is 28.4. The van der Waals surface area contributed by atoms with Crippen LogP contribution < -0.4 is 10.5 Å². The highest BCUT2D eigenvalue weighted by atomic mass is 19.1. The molecule has 0 radical (unpaired) electrons. The number of rotatable bonds is 9. The molecular formula is C30H40F3N3O3. The Morgan fingerprint density at radius 3 is 2.23 bits per heavy atom. The first-order valence-electron chi connectivity index (χ1n) is 13.8. The smallest absolute Gasteiger partial charge is 0.253 e. The summed E-state index contributed by atoms with van der Waals surface area (Å²) in [6.45, 7) is 7.68. The van der Waals surface area contributed by atoms with E-state index in [0.717, 1.165) is 38.8 Å². The van der Waals surface area contributed by atoms with Gasteiger partial charge in [0.2, 0.25) is 6.41 Å². The number of hydrogen-bond donors (Lipinski definition) is 1. The lowest BCUT2D eigenvalue weighted by atomic mass is 9.94. The monoisotopic (exact) mass is 547 g/mol. The Hall–Kier alpha value is -3.07. The summed E-state index contributed by atoms with van der Waals surface area (Å²) in [6.07, 6.45) is 5.00. The van der Waals surface area contributed by atoms with Crippen molar-refractivity contribution in [2.75, 3.05) is 39.3 Å². The highest BCUT2D eigenvalue weighted by molar-refractivity contribution is 5.95. The van der Waals surface area contributed by atoms with Crippen molar-refractivity contribution < 1.29 is 27.5 Å². The van der Waals surface area contributed by atoms with Crippen LogP contribution in [0.4, 0.5) is 13.2 Å². The van der Waals surface area contributed by atoms with Crippen LogP contribution in [0.1, 0.15) is 62.7 Å². The van der Waals surface area contributed by atoms with Gasteiger partial charge in [-0.05, 0) is 87.4 Å². The van der Waals surface area contributed by atoms with Crippen molar-refractivity contribution >= 4 is 12.3 Å². The number of amides is 2. The molecule has 39 heavy (non-hydrogen) atoms. The number of halogens is 3. The van der Waals surface area contributed by atoms with Crippen LogP contribution >= 0.6 is 0 Å². The van der Waals surface area contributed by atoms with Gasteiger partial charge in [-0.25, -0.2) is 13.2 Å². The third-order valence-electron chi connectivity index (χ3n) is 7.81. The van der Waals surface area contributed by atoms with E-state index < -0.39 is 17.3 Å². The third-order valence-corrected chi connectivity index (χ3v) is 7.81. The summed E-state index contributed by atoms with van der Waals surface area (Å²) >= 11 is 0. The van der Waals surface area contributed by atoms with Crippen LogP contribution in [0.3, 0.4) is 0 Å². The number of alkyl halides is 1. The molecule has 0 bridgehead atoms. The molecule has 2 aliphatic rings. The Morgan fingerprint density at radius 1 is 1.03 bits per heavy atom. The van der Waals surface area contributed by atoms with E-state index in [-0.39, 0.29) is 29.5 Å². The molecule has 4 rings (SSSR count). The molecule has 0 saturated carbocycles. The number of carbonyl (C=O) groups excluding carboxylic acids is 2. The topological polar surface area (TPSA) is 75.9 Å². The van der Waals surface area contributed by atoms with E-state index in [1.807, 2.05) is 13.8 Å². The van der Waals surface area contributed by atoms with Crippen LogP contribution in [0.2, 0.25) is 0 Å². The Bertz CT molecular complexity index is 1100. The molecule has 2 heterocycles. The summed E-state index contributed by atoms with van der Waals surface area (Å²) in [5.41, 5.74) is 3.99. The average Bonchev–Trinajstić information content (AvgIpc) is 3.48. The quantitative estimate of drug-likeness (QED) is 0.416. The first-order chi connectivity index (χ1) is 18.7. The lowest BCUT2D eigenvalue weighted by Crippen LogP contribution is -2.44. The van der Waals surface area contributed by atoms with E-state index in [1.165, 1.54) is 24.3 Å². The summed E-state index contributed by atoms with van der Waals surface area (Å²) in [5, 5.41) is 0. The first kappa shape index (κ1) is 30.5. The molecule has 2 N–H and O–H groups in total. The summed E-state index contributed by atoms with van der Waals surface area (Å²) < 4.78 is 50.1. The van der Waals surface area contributed by atoms with E-state index in [0.29, 0.717) is 50.2 Å². The molecule has 0 aliphatic carbocycles. The number of benzene rings is 2. The van der Waals surface area contributed by atoms with Gasteiger partial charge in [0.05, 0.1) is 6.61 Å². The van der Waals surface area contributed by atoms with Gasteiger partial charge in [0.1, 0.15) is 11.5 Å². The molecule has 2 amide bonds. The van der Waals surface area contributed by atoms with Gasteiger partial charge in [-0.1, -0.05) is 26.0 Å². The highest BCUT2D eigenvalue weighted by Crippen LogP contribution is 2.30. The summed E-state index contributed by atoms with van der Waals surface area (Å²) in [6, 6.07) is 8.81. The Kier molecular flexibility index (Phi) is 11.2. The first-order valence-corrected chi connectivity index (χ1v) is 13.8. The molecule has 6 nitrogen and oxygen atoms in total. The number of piperidine rings is 1. The molecule has 9 heteroatoms. The summed E-state index contributed by atoms with van der Waals surface area (Å²) in [5.74, 6) is -0.839. The average molecular weight is 548 g/mol. The number of hydrogen-bond acceptors (Lipinski definition) is 4. The van der Waals surface area contributed by atoms with Crippen LogP contribution in [0.5, 0.6) is 5.75 Å². The zero-order valence-corrected chi connectivity index (χ0v) is 22.9. The number of nitrogens with two attached hydrogens (primary N) is 1. The SMILES string of the molecule is CCC(F)(CC)CN1CCC(COc2ccc(-c3ccc(C(=O)N4CCCC4)cc3F)cc2F)CC1.NC=O. The number of primary amides is 1. The molecule has 214 valence electrons. The molecule has 2 aliphatic heterocycles. The van der Waals surface area contributed by atoms with E-state index >= 15 is 0 Å². The maximum Gasteiger partial charge on any atom is 0.253 e. The normalized spacial score (nSPS) is 16.5. The number of carbonyl (C=O) groups is 2. The predicted octanol–water partition coefficient (Wildman–Crippen LogP) is 5.59. The Balaban J connectivity index is 0.00000134. The van der Waals surface area contributed by atoms with Crippen molar-refractivity contribution in [1.29, 1.82) is 0 Å². The van der Waals surface area contributed by atoms with Gasteiger partial charge < -0.3 is 20.3 Å². The van der Waals surface area contributed by atoms with Crippen molar-refractivity contribution in [3.05, 3.63) is 53.6 Å². The largest absolute Gasteiger partial charge is 0.490 e. The van der Waals surface area contributed by atoms with E-state index in [9.17, 15) is 18.0 Å². The number of likely N-dealkylation sites (tertiary alicyclic amines) is 2. The van der Waals surface area contributed by atoms with E-state index in [1.54, 1.807) is 17.0 Å². The van der Waals surface area contributed by atoms with Crippen molar-refractivity contribution in [2.24, 2.45) is 11.7 Å². The molecule has 2 aromatic rings. The van der Waals surface area contributed by atoms with Crippen LogP contribution in [0.25, 0.3) is 11.1 Å². The molecule has 0 atom stereocenters. The molecule has 0 unspecified atom stereocenters. The van der Waals surface area contributed by atoms with Gasteiger partial charge in [-0.3, -0.25) is 9.59 Å². The van der Waals surface area contributed by atoms with Crippen LogP contribution in [-0.4, -0.2) is 67.1 Å². The van der Waals surface area contributed by atoms with E-state index in [2.05, 4.69) is 10.6 Å². The van der Waals surface area contributed by atoms with Crippen LogP contribution in [0.15, 0.2) is 36.4 Å². The molecular weight excluding hydrogens is 507 g/mol. The van der Waals surface area contributed by atoms with Gasteiger partial charge in [-0.15, -0.1) is 0 Å². The fraction of sp³-hybridized carbons (Fsp3) is 0.533. The predicted molar refractivity (Wildman–Crippen MR) is 146 cm³/mol. The van der Waals surface area contributed by atoms with Gasteiger partial charge in [0.25, 0.3) is 5.91 Å². The zero-order valence-electron chi connectivity index (χ0n) is 22.9. The molecule has 2 aromatic carbocycles. The fourth-order valence-electron chi connectivity index (χ4n) is 5.16. The van der Waals surface area contributed by atoms with Crippen LogP contribution in [0, 0.1) is 17.6 Å². The van der Waals surface area contributed by atoms with Gasteiger partial charge in [0, 0.05) is 30.8 Å². The second-order valence-corrected chi connectivity index (χ2v) is 10.4. The molecule has 0 spiro atoms. The number of nitrogens with zero attached hydrogens (tertiary/aromatic N) is 2. The highest BCUT2D eigenvalue weighted by Gasteiger charge is 2.30. The lowest BCUT2D eigenvalue weighted by Gasteiger charge is -2.36. The summed E-state index contributed by atoms with van der Waals surface area (Å²) in [7, 11) is 0. The standard InChI is InChI=1S/C29H37F3N2O2.CH3NO/c1-3-29(32,4-2)20-33-15-11-21(12-16-33)19-36-27-10-8-22(17-26(27)31)24-9-7-23(18-25(24)30)28(35)34-13-5-6-14-34;2-1-3/h7-10,17-18,21H,3-6,11-16,19-20H2,1-2H3;1H,(H2,2,3). The third kappa shape index (κ3) is 8.21. The van der Waals surface area contributed by atoms with Gasteiger partial charge in [0.15, 0.2) is 11.6 Å². The maximum absolute atomic E-state index is 14.8. The minimum absolute atomic E-state index is 0.141. The molecule has 2 saturated heterocycles. The van der Waals surface area contributed by atoms with Gasteiger partial charge in [-0.2, -0.15) is 0 Å². The summed E-state index contributed by atoms with van der Waals surface area (Å²) in [4.78, 5) is 25.0. The van der Waals surface area contributed by atoms with Crippen molar-refractivity contribution in [2.45, 2.75) is 58.0 Å². The van der Waals surface area contributed by atoms with Crippen LogP contribution in [-0.2, 0) is 4.79 Å². The second kappa shape index (κ2) is 14.4. The Morgan fingerprint density at radius 2 is 1.67 bits per heavy atom. The van der Waals surface area contributed by atoms with Crippen molar-refractivity contribution in [3.63, 3.8) is 0 Å². The minimum atomic E-state index is -1.13. The molecule has 2 fully saturated rings. The van der Waals surface area contributed by atoms with Crippen molar-refractivity contribution in [3.8, 4) is 16.9 Å². The Labute approximate surface area is 229 Å². The van der Waals surface area contributed by atoms with Gasteiger partial charge >= 0.3 is 0 Å². The number of ether oxygens (including phenoxy) is 1. The van der Waals surface area contributed by atoms with Crippen molar-refractivity contribution in [1.82, 2.24) is 9.80 Å². The lowest BCUT2D eigenvalue weighted by molar-refractivity contribution is -0.106. The van der Waals surface area contributed by atoms with E-state index in [4.69, 9.17) is 9.53 Å².